The maximum absolute atomic E-state index is 14.2. The van der Waals surface area contributed by atoms with Gasteiger partial charge < -0.3 is 14.8 Å². The summed E-state index contributed by atoms with van der Waals surface area (Å²) in [6.45, 7) is 3.82. The molecule has 0 bridgehead atoms. The number of benzene rings is 4. The standard InChI is InChI=1S/C41H36BF6NO5/c1-22(2)31-20-32-37(39(52)49(38(32)51)28-18-26(40(43,44)45)17-27(19-28)41(46,47)48)33-21-42(53)54-35(36(31)33)15-13-24(23-8-4-3-5-9-23)16-25-12-14-34(50)30-11-7-6-10-29(25)30/h3-12,14,16-19,22,32-33,35,37,50,53H,13,15,20-21H2,1-2H3/b24-16-/t32-,33+,35-,37-/m1/s1. The molecule has 2 N–H and O–H groups in total. The van der Waals surface area contributed by atoms with E-state index in [2.05, 4.69) is 0 Å². The molecule has 2 fully saturated rings. The van der Waals surface area contributed by atoms with Crippen LogP contribution in [-0.2, 0) is 26.6 Å². The lowest BCUT2D eigenvalue weighted by molar-refractivity contribution is -0.143. The monoisotopic (exact) mass is 747 g/mol. The second-order valence-corrected chi connectivity index (χ2v) is 14.5. The van der Waals surface area contributed by atoms with E-state index in [1.807, 2.05) is 80.6 Å². The summed E-state index contributed by atoms with van der Waals surface area (Å²) >= 11 is 0. The quantitative estimate of drug-likeness (QED) is 0.0647. The van der Waals surface area contributed by atoms with Crippen molar-refractivity contribution in [1.82, 2.24) is 0 Å². The third-order valence-corrected chi connectivity index (χ3v) is 10.9. The first-order valence-corrected chi connectivity index (χ1v) is 17.7. The second-order valence-electron chi connectivity index (χ2n) is 14.5. The molecule has 4 aromatic rings. The van der Waals surface area contributed by atoms with Crippen molar-refractivity contribution in [1.29, 1.82) is 0 Å². The van der Waals surface area contributed by atoms with Crippen molar-refractivity contribution < 1.29 is 50.7 Å². The average Bonchev–Trinajstić information content (AvgIpc) is 3.38. The molecule has 0 unspecified atom stereocenters. The molecule has 6 nitrogen and oxygen atoms in total. The van der Waals surface area contributed by atoms with E-state index in [0.29, 0.717) is 35.3 Å². The van der Waals surface area contributed by atoms with E-state index in [1.54, 1.807) is 6.07 Å². The number of aromatic hydroxyl groups is 1. The molecule has 4 aromatic carbocycles. The summed E-state index contributed by atoms with van der Waals surface area (Å²) in [5.74, 6) is -4.68. The number of nitrogens with zero attached hydrogens (tertiary/aromatic N) is 1. The SMILES string of the molecule is CC(C)C1=C2[C@@H](CC/C(=C/c3ccc(O)c4ccccc34)c3ccccc3)OB(O)C[C@@H]2[C@@H]2C(=O)N(c3cc(C(F)(F)F)cc(C(F)(F)F)c3)C(=O)[C@@H]2C1. The fourth-order valence-corrected chi connectivity index (χ4v) is 8.43. The number of phenolic OH excluding ortho intramolecular Hbond substituents is 1. The Bertz CT molecular complexity index is 2150. The van der Waals surface area contributed by atoms with Gasteiger partial charge in [0.05, 0.1) is 34.8 Å². The maximum atomic E-state index is 14.2. The van der Waals surface area contributed by atoms with Gasteiger partial charge in [-0.1, -0.05) is 86.2 Å². The summed E-state index contributed by atoms with van der Waals surface area (Å²) in [6.07, 6.45) is -8.24. The summed E-state index contributed by atoms with van der Waals surface area (Å²) < 4.78 is 88.9. The minimum absolute atomic E-state index is 0.0418. The number of carbonyl (C=O) groups is 2. The zero-order valence-corrected chi connectivity index (χ0v) is 29.3. The van der Waals surface area contributed by atoms with E-state index in [9.17, 15) is 46.1 Å². The van der Waals surface area contributed by atoms with Crippen LogP contribution in [0.4, 0.5) is 32.0 Å². The number of carbonyl (C=O) groups excluding carboxylic acids is 2. The van der Waals surface area contributed by atoms with Gasteiger partial charge in [-0.25, -0.2) is 4.90 Å². The maximum Gasteiger partial charge on any atom is 0.455 e. The molecule has 0 spiro atoms. The van der Waals surface area contributed by atoms with Crippen molar-refractivity contribution in [2.24, 2.45) is 23.7 Å². The zero-order valence-electron chi connectivity index (χ0n) is 29.3. The topological polar surface area (TPSA) is 87.1 Å². The highest BCUT2D eigenvalue weighted by molar-refractivity contribution is 6.43. The molecule has 3 aliphatic rings. The van der Waals surface area contributed by atoms with Crippen molar-refractivity contribution in [3.63, 3.8) is 0 Å². The number of anilines is 1. The van der Waals surface area contributed by atoms with Crippen LogP contribution < -0.4 is 4.90 Å². The summed E-state index contributed by atoms with van der Waals surface area (Å²) in [5.41, 5.74) is 0.218. The van der Waals surface area contributed by atoms with Gasteiger partial charge in [0.1, 0.15) is 5.75 Å². The van der Waals surface area contributed by atoms with E-state index < -0.39 is 72.0 Å². The molecule has 1 aliphatic carbocycles. The molecule has 2 heterocycles. The van der Waals surface area contributed by atoms with Crippen LogP contribution in [0.15, 0.2) is 96.1 Å². The minimum atomic E-state index is -5.17. The van der Waals surface area contributed by atoms with E-state index in [-0.39, 0.29) is 30.5 Å². The summed E-state index contributed by atoms with van der Waals surface area (Å²) in [5, 5.41) is 23.1. The van der Waals surface area contributed by atoms with Crippen molar-refractivity contribution in [2.45, 2.75) is 57.9 Å². The van der Waals surface area contributed by atoms with Gasteiger partial charge in [-0.3, -0.25) is 9.59 Å². The van der Waals surface area contributed by atoms with Crippen molar-refractivity contribution >= 4 is 47.0 Å². The Labute approximate surface area is 307 Å². The lowest BCUT2D eigenvalue weighted by Gasteiger charge is -2.44. The molecule has 2 saturated heterocycles. The van der Waals surface area contributed by atoms with E-state index >= 15 is 0 Å². The van der Waals surface area contributed by atoms with E-state index in [4.69, 9.17) is 4.65 Å². The molecule has 0 radical (unpaired) electrons. The minimum Gasteiger partial charge on any atom is -0.507 e. The van der Waals surface area contributed by atoms with Crippen LogP contribution in [-0.4, -0.2) is 35.2 Å². The second kappa shape index (κ2) is 14.1. The molecule has 0 aromatic heterocycles. The van der Waals surface area contributed by atoms with Crippen molar-refractivity contribution in [3.05, 3.63) is 118 Å². The van der Waals surface area contributed by atoms with Crippen LogP contribution in [0, 0.1) is 23.7 Å². The van der Waals surface area contributed by atoms with Crippen LogP contribution in [0.3, 0.4) is 0 Å². The molecule has 54 heavy (non-hydrogen) atoms. The molecule has 2 amide bonds. The summed E-state index contributed by atoms with van der Waals surface area (Å²) in [4.78, 5) is 28.6. The summed E-state index contributed by atoms with van der Waals surface area (Å²) in [7, 11) is -1.34. The van der Waals surface area contributed by atoms with Crippen LogP contribution in [0.25, 0.3) is 22.4 Å². The first kappa shape index (κ1) is 37.4. The van der Waals surface area contributed by atoms with Crippen LogP contribution in [0.1, 0.15) is 55.4 Å². The van der Waals surface area contributed by atoms with Gasteiger partial charge in [0.15, 0.2) is 0 Å². The Morgan fingerprint density at radius 3 is 2.13 bits per heavy atom. The number of amides is 2. The zero-order chi connectivity index (χ0) is 38.7. The number of hydrogen-bond acceptors (Lipinski definition) is 5. The Morgan fingerprint density at radius 2 is 1.50 bits per heavy atom. The Hall–Kier alpha value is -4.88. The predicted octanol–water partition coefficient (Wildman–Crippen LogP) is 9.56. The number of allylic oxidation sites excluding steroid dienone is 2. The highest BCUT2D eigenvalue weighted by Crippen LogP contribution is 2.53. The molecular weight excluding hydrogens is 711 g/mol. The molecule has 13 heteroatoms. The number of halogens is 6. The number of fused-ring (bicyclic) bond motifs is 4. The third-order valence-electron chi connectivity index (χ3n) is 10.9. The van der Waals surface area contributed by atoms with Gasteiger partial charge >= 0.3 is 19.5 Å². The fourth-order valence-electron chi connectivity index (χ4n) is 8.43. The molecule has 280 valence electrons. The molecule has 0 saturated carbocycles. The van der Waals surface area contributed by atoms with Gasteiger partial charge in [0.25, 0.3) is 0 Å². The number of imide groups is 1. The van der Waals surface area contributed by atoms with Crippen LogP contribution in [0.2, 0.25) is 6.32 Å². The molecule has 4 atom stereocenters. The van der Waals surface area contributed by atoms with Gasteiger partial charge in [0, 0.05) is 5.39 Å². The van der Waals surface area contributed by atoms with Gasteiger partial charge in [-0.2, -0.15) is 26.3 Å². The number of hydrogen-bond donors (Lipinski definition) is 2. The summed E-state index contributed by atoms with van der Waals surface area (Å²) in [6, 6.07) is 21.3. The van der Waals surface area contributed by atoms with E-state index in [1.165, 1.54) is 0 Å². The molecule has 2 aliphatic heterocycles. The highest BCUT2D eigenvalue weighted by atomic mass is 19.4. The van der Waals surface area contributed by atoms with Gasteiger partial charge in [-0.05, 0) is 89.3 Å². The van der Waals surface area contributed by atoms with Gasteiger partial charge in [-0.15, -0.1) is 0 Å². The Morgan fingerprint density at radius 1 is 0.870 bits per heavy atom. The smallest absolute Gasteiger partial charge is 0.455 e. The first-order valence-electron chi connectivity index (χ1n) is 17.7. The predicted molar refractivity (Wildman–Crippen MR) is 193 cm³/mol. The Balaban J connectivity index is 1.25. The van der Waals surface area contributed by atoms with Crippen molar-refractivity contribution in [2.75, 3.05) is 4.90 Å². The first-order chi connectivity index (χ1) is 25.5. The third kappa shape index (κ3) is 6.95. The van der Waals surface area contributed by atoms with Crippen molar-refractivity contribution in [3.8, 4) is 5.75 Å². The van der Waals surface area contributed by atoms with E-state index in [0.717, 1.165) is 33.2 Å². The molecular formula is C41H36BF6NO5. The Kier molecular flexibility index (Phi) is 9.76. The van der Waals surface area contributed by atoms with Crippen LogP contribution in [0.5, 0.6) is 5.75 Å². The number of phenols is 1. The largest absolute Gasteiger partial charge is 0.507 e. The average molecular weight is 748 g/mol. The highest BCUT2D eigenvalue weighted by Gasteiger charge is 2.58. The normalized spacial score (nSPS) is 22.4. The lowest BCUT2D eigenvalue weighted by Crippen LogP contribution is -2.46. The lowest BCUT2D eigenvalue weighted by atomic mass is 9.57. The fraction of sp³-hybridized carbons (Fsp3) is 0.317. The van der Waals surface area contributed by atoms with Crippen LogP contribution >= 0.6 is 0 Å². The molecule has 7 rings (SSSR count). The number of alkyl halides is 6. The number of rotatable bonds is 7. The van der Waals surface area contributed by atoms with Gasteiger partial charge in [0.2, 0.25) is 11.8 Å².